The Hall–Kier alpha value is -1.33. The topological polar surface area (TPSA) is 51.0 Å². The molecule has 0 saturated heterocycles. The first-order valence-corrected chi connectivity index (χ1v) is 8.12. The van der Waals surface area contributed by atoms with Gasteiger partial charge in [-0.05, 0) is 43.5 Å². The van der Waals surface area contributed by atoms with Crippen molar-refractivity contribution >= 4 is 11.8 Å². The zero-order chi connectivity index (χ0) is 14.4. The molecule has 0 atom stereocenters. The highest BCUT2D eigenvalue weighted by molar-refractivity contribution is 7.98. The van der Waals surface area contributed by atoms with E-state index in [9.17, 15) is 0 Å². The lowest BCUT2D eigenvalue weighted by atomic mass is 10.2. The fourth-order valence-electron chi connectivity index (χ4n) is 1.84. The summed E-state index contributed by atoms with van der Waals surface area (Å²) in [5.74, 6) is 1.38. The van der Waals surface area contributed by atoms with Crippen LogP contribution in [0.5, 0.6) is 0 Å². The molecular weight excluding hydrogens is 270 g/mol. The Kier molecular flexibility index (Phi) is 5.61. The summed E-state index contributed by atoms with van der Waals surface area (Å²) in [5.41, 5.74) is 0.998. The molecular formula is C15H21N3OS. The Bertz CT molecular complexity index is 522. The van der Waals surface area contributed by atoms with Gasteiger partial charge in [0, 0.05) is 22.9 Å². The van der Waals surface area contributed by atoms with E-state index in [1.54, 1.807) is 11.8 Å². The number of nitrogens with zero attached hydrogens (tertiary/aromatic N) is 2. The highest BCUT2D eigenvalue weighted by Crippen LogP contribution is 2.21. The second-order valence-electron chi connectivity index (χ2n) is 4.95. The van der Waals surface area contributed by atoms with Crippen LogP contribution in [0.2, 0.25) is 0 Å². The molecule has 2 aromatic rings. The Morgan fingerprint density at radius 1 is 1.25 bits per heavy atom. The van der Waals surface area contributed by atoms with Gasteiger partial charge in [-0.3, -0.25) is 0 Å². The number of nitrogens with one attached hydrogen (secondary N) is 1. The van der Waals surface area contributed by atoms with Crippen molar-refractivity contribution in [3.8, 4) is 11.4 Å². The van der Waals surface area contributed by atoms with Crippen LogP contribution in [0.15, 0.2) is 33.7 Å². The Balaban J connectivity index is 1.90. The second kappa shape index (κ2) is 7.45. The largest absolute Gasteiger partial charge is 0.339 e. The van der Waals surface area contributed by atoms with Crippen LogP contribution < -0.4 is 5.32 Å². The van der Waals surface area contributed by atoms with Crippen molar-refractivity contribution in [1.82, 2.24) is 15.5 Å². The molecule has 1 N–H and O–H groups in total. The summed E-state index contributed by atoms with van der Waals surface area (Å²) >= 11 is 1.72. The number of aromatic nitrogens is 2. The molecule has 108 valence electrons. The van der Waals surface area contributed by atoms with Crippen molar-refractivity contribution in [2.45, 2.75) is 37.6 Å². The fourth-order valence-corrected chi connectivity index (χ4v) is 2.25. The maximum Gasteiger partial charge on any atom is 0.227 e. The maximum atomic E-state index is 5.29. The van der Waals surface area contributed by atoms with Crippen LogP contribution in [0, 0.1) is 0 Å². The van der Waals surface area contributed by atoms with Gasteiger partial charge in [0.15, 0.2) is 0 Å². The highest BCUT2D eigenvalue weighted by Gasteiger charge is 2.08. The third-order valence-electron chi connectivity index (χ3n) is 2.94. The average molecular weight is 291 g/mol. The van der Waals surface area contributed by atoms with Crippen LogP contribution in [-0.2, 0) is 6.42 Å². The van der Waals surface area contributed by atoms with Crippen molar-refractivity contribution < 1.29 is 4.52 Å². The number of benzene rings is 1. The molecule has 4 nitrogen and oxygen atoms in total. The van der Waals surface area contributed by atoms with E-state index in [-0.39, 0.29) is 0 Å². The zero-order valence-corrected chi connectivity index (χ0v) is 13.0. The minimum absolute atomic E-state index is 0.517. The molecule has 0 bridgehead atoms. The lowest BCUT2D eigenvalue weighted by Crippen LogP contribution is -2.23. The first kappa shape index (κ1) is 15.1. The standard InChI is InChI=1S/C15H21N3OS/c1-11(2)16-10-4-5-14-17-15(18-19-14)12-6-8-13(20-3)9-7-12/h6-9,11,16H,4-5,10H2,1-3H3. The normalized spacial score (nSPS) is 11.2. The predicted octanol–water partition coefficient (Wildman–Crippen LogP) is 3.39. The SMILES string of the molecule is CSc1ccc(-c2noc(CCCNC(C)C)n2)cc1. The summed E-state index contributed by atoms with van der Waals surface area (Å²) in [6.07, 6.45) is 3.88. The van der Waals surface area contributed by atoms with Gasteiger partial charge >= 0.3 is 0 Å². The van der Waals surface area contributed by atoms with Crippen molar-refractivity contribution in [2.24, 2.45) is 0 Å². The van der Waals surface area contributed by atoms with E-state index in [1.165, 1.54) is 4.90 Å². The van der Waals surface area contributed by atoms with Crippen molar-refractivity contribution in [3.05, 3.63) is 30.2 Å². The van der Waals surface area contributed by atoms with Crippen LogP contribution in [-0.4, -0.2) is 29.0 Å². The molecule has 2 rings (SSSR count). The molecule has 0 saturated carbocycles. The highest BCUT2D eigenvalue weighted by atomic mass is 32.2. The number of hydrogen-bond acceptors (Lipinski definition) is 5. The molecule has 0 radical (unpaired) electrons. The summed E-state index contributed by atoms with van der Waals surface area (Å²) in [6.45, 7) is 5.25. The van der Waals surface area contributed by atoms with Gasteiger partial charge in [-0.2, -0.15) is 4.98 Å². The minimum Gasteiger partial charge on any atom is -0.339 e. The third kappa shape index (κ3) is 4.35. The van der Waals surface area contributed by atoms with E-state index >= 15 is 0 Å². The average Bonchev–Trinajstić information content (AvgIpc) is 2.92. The third-order valence-corrected chi connectivity index (χ3v) is 3.68. The molecule has 0 aliphatic carbocycles. The van der Waals surface area contributed by atoms with Gasteiger partial charge in [-0.15, -0.1) is 11.8 Å². The number of hydrogen-bond donors (Lipinski definition) is 1. The Morgan fingerprint density at radius 3 is 2.65 bits per heavy atom. The second-order valence-corrected chi connectivity index (χ2v) is 5.83. The van der Waals surface area contributed by atoms with E-state index in [0.717, 1.165) is 24.9 Å². The molecule has 0 aliphatic rings. The lowest BCUT2D eigenvalue weighted by molar-refractivity contribution is 0.374. The monoisotopic (exact) mass is 291 g/mol. The van der Waals surface area contributed by atoms with E-state index < -0.39 is 0 Å². The molecule has 0 fully saturated rings. The molecule has 1 aromatic carbocycles. The molecule has 0 unspecified atom stereocenters. The van der Waals surface area contributed by atoms with Gasteiger partial charge in [0.1, 0.15) is 0 Å². The molecule has 20 heavy (non-hydrogen) atoms. The van der Waals surface area contributed by atoms with E-state index in [0.29, 0.717) is 17.8 Å². The summed E-state index contributed by atoms with van der Waals surface area (Å²) in [7, 11) is 0. The number of thioether (sulfide) groups is 1. The number of aryl methyl sites for hydroxylation is 1. The summed E-state index contributed by atoms with van der Waals surface area (Å²) in [4.78, 5) is 5.67. The summed E-state index contributed by atoms with van der Waals surface area (Å²) < 4.78 is 5.29. The van der Waals surface area contributed by atoms with E-state index in [1.807, 2.05) is 12.1 Å². The van der Waals surface area contributed by atoms with Gasteiger partial charge < -0.3 is 9.84 Å². The summed E-state index contributed by atoms with van der Waals surface area (Å²) in [5, 5.41) is 7.42. The van der Waals surface area contributed by atoms with Gasteiger partial charge in [0.05, 0.1) is 0 Å². The van der Waals surface area contributed by atoms with E-state index in [2.05, 4.69) is 47.7 Å². The van der Waals surface area contributed by atoms with Crippen LogP contribution in [0.1, 0.15) is 26.2 Å². The molecule has 0 spiro atoms. The lowest BCUT2D eigenvalue weighted by Gasteiger charge is -2.05. The minimum atomic E-state index is 0.517. The maximum absolute atomic E-state index is 5.29. The molecule has 1 heterocycles. The predicted molar refractivity (Wildman–Crippen MR) is 83.0 cm³/mol. The first-order chi connectivity index (χ1) is 9.69. The van der Waals surface area contributed by atoms with Gasteiger partial charge in [0.25, 0.3) is 0 Å². The molecule has 5 heteroatoms. The smallest absolute Gasteiger partial charge is 0.227 e. The Labute approximate surface area is 124 Å². The van der Waals surface area contributed by atoms with Gasteiger partial charge in [0.2, 0.25) is 11.7 Å². The van der Waals surface area contributed by atoms with Crippen molar-refractivity contribution in [1.29, 1.82) is 0 Å². The van der Waals surface area contributed by atoms with Crippen LogP contribution in [0.3, 0.4) is 0 Å². The molecule has 1 aromatic heterocycles. The van der Waals surface area contributed by atoms with Crippen LogP contribution in [0.25, 0.3) is 11.4 Å². The quantitative estimate of drug-likeness (QED) is 0.626. The van der Waals surface area contributed by atoms with Gasteiger partial charge in [-0.1, -0.05) is 19.0 Å². The fraction of sp³-hybridized carbons (Fsp3) is 0.467. The van der Waals surface area contributed by atoms with Crippen molar-refractivity contribution in [3.63, 3.8) is 0 Å². The molecule has 0 aliphatic heterocycles. The van der Waals surface area contributed by atoms with Crippen LogP contribution in [0.4, 0.5) is 0 Å². The van der Waals surface area contributed by atoms with Crippen LogP contribution >= 0.6 is 11.8 Å². The zero-order valence-electron chi connectivity index (χ0n) is 12.2. The van der Waals surface area contributed by atoms with E-state index in [4.69, 9.17) is 4.52 Å². The van der Waals surface area contributed by atoms with Crippen molar-refractivity contribution in [2.75, 3.05) is 12.8 Å². The summed E-state index contributed by atoms with van der Waals surface area (Å²) in [6, 6.07) is 8.72. The number of rotatable bonds is 7. The molecule has 0 amide bonds. The Morgan fingerprint density at radius 2 is 2.00 bits per heavy atom. The van der Waals surface area contributed by atoms with Gasteiger partial charge in [-0.25, -0.2) is 0 Å². The first-order valence-electron chi connectivity index (χ1n) is 6.89.